The summed E-state index contributed by atoms with van der Waals surface area (Å²) in [6.45, 7) is 0. The van der Waals surface area contributed by atoms with Gasteiger partial charge in [0.1, 0.15) is 17.3 Å². The lowest BCUT2D eigenvalue weighted by Crippen LogP contribution is -2.40. The Hall–Kier alpha value is -6.73. The molecule has 1 aliphatic carbocycles. The van der Waals surface area contributed by atoms with Gasteiger partial charge < -0.3 is 19.9 Å². The molecule has 2 aliphatic heterocycles. The molecule has 0 spiro atoms. The molecule has 6 heteroatoms. The zero-order chi connectivity index (χ0) is 37.5. The maximum absolute atomic E-state index is 6.96. The summed E-state index contributed by atoms with van der Waals surface area (Å²) in [6, 6.07) is 58.5. The number of ether oxygens (including phenoxy) is 1. The minimum absolute atomic E-state index is 0.0255. The van der Waals surface area contributed by atoms with Crippen molar-refractivity contribution < 1.29 is 4.74 Å². The van der Waals surface area contributed by atoms with E-state index in [0.717, 1.165) is 34.0 Å². The molecule has 12 rings (SSSR count). The summed E-state index contributed by atoms with van der Waals surface area (Å²) >= 11 is 1.87. The van der Waals surface area contributed by atoms with E-state index >= 15 is 0 Å². The molecule has 4 unspecified atom stereocenters. The molecule has 57 heavy (non-hydrogen) atoms. The molecule has 0 radical (unpaired) electrons. The van der Waals surface area contributed by atoms with Crippen molar-refractivity contribution in [2.45, 2.75) is 18.2 Å². The zero-order valence-electron chi connectivity index (χ0n) is 30.8. The molecule has 3 aliphatic rings. The van der Waals surface area contributed by atoms with Crippen molar-refractivity contribution in [2.75, 3.05) is 0 Å². The molecule has 272 valence electrons. The van der Waals surface area contributed by atoms with Gasteiger partial charge in [-0.15, -0.1) is 11.3 Å². The lowest BCUT2D eigenvalue weighted by atomic mass is 9.80. The van der Waals surface area contributed by atoms with E-state index in [2.05, 4.69) is 180 Å². The van der Waals surface area contributed by atoms with E-state index < -0.39 is 0 Å². The predicted octanol–water partition coefficient (Wildman–Crippen LogP) is 13.1. The summed E-state index contributed by atoms with van der Waals surface area (Å²) in [5, 5.41) is 14.0. The molecular formula is C51H35N4OS-. The Morgan fingerprint density at radius 2 is 1.30 bits per heavy atom. The first-order valence-electron chi connectivity index (χ1n) is 19.5. The second-order valence-corrected chi connectivity index (χ2v) is 16.0. The molecule has 0 amide bonds. The van der Waals surface area contributed by atoms with Gasteiger partial charge in [0.05, 0.1) is 27.3 Å². The van der Waals surface area contributed by atoms with Crippen LogP contribution in [0.3, 0.4) is 0 Å². The van der Waals surface area contributed by atoms with Gasteiger partial charge in [-0.3, -0.25) is 4.99 Å². The number of benzene rings is 7. The van der Waals surface area contributed by atoms with E-state index in [4.69, 9.17) is 15.0 Å². The van der Waals surface area contributed by atoms with Crippen molar-refractivity contribution >= 4 is 59.2 Å². The maximum atomic E-state index is 6.96. The zero-order valence-corrected chi connectivity index (χ0v) is 31.6. The van der Waals surface area contributed by atoms with Crippen LogP contribution in [0.1, 0.15) is 34.9 Å². The van der Waals surface area contributed by atoms with E-state index in [0.29, 0.717) is 0 Å². The van der Waals surface area contributed by atoms with Crippen molar-refractivity contribution in [3.63, 3.8) is 0 Å². The second kappa shape index (κ2) is 12.9. The Kier molecular flexibility index (Phi) is 7.37. The van der Waals surface area contributed by atoms with Gasteiger partial charge in [-0.1, -0.05) is 152 Å². The number of thiophene rings is 1. The van der Waals surface area contributed by atoms with Crippen LogP contribution in [0.4, 0.5) is 0 Å². The third-order valence-corrected chi connectivity index (χ3v) is 13.0. The van der Waals surface area contributed by atoms with Crippen LogP contribution in [0.15, 0.2) is 193 Å². The number of hydrogen-bond donors (Lipinski definition) is 1. The monoisotopic (exact) mass is 751 g/mol. The summed E-state index contributed by atoms with van der Waals surface area (Å²) in [7, 11) is 0. The van der Waals surface area contributed by atoms with Crippen LogP contribution in [0.2, 0.25) is 0 Å². The van der Waals surface area contributed by atoms with Crippen LogP contribution in [0.25, 0.3) is 64.1 Å². The van der Waals surface area contributed by atoms with Crippen molar-refractivity contribution in [2.24, 2.45) is 10.9 Å². The average molecular weight is 752 g/mol. The summed E-state index contributed by atoms with van der Waals surface area (Å²) in [5.41, 5.74) is 9.29. The summed E-state index contributed by atoms with van der Waals surface area (Å²) in [5.74, 6) is 2.71. The minimum atomic E-state index is -0.319. The first-order chi connectivity index (χ1) is 28.3. The highest BCUT2D eigenvalue weighted by Gasteiger charge is 2.41. The topological polar surface area (TPSA) is 52.6 Å². The number of aromatic nitrogens is 1. The number of nitrogens with one attached hydrogen (secondary N) is 1. The molecule has 9 aromatic rings. The summed E-state index contributed by atoms with van der Waals surface area (Å²) < 4.78 is 11.9. The highest BCUT2D eigenvalue weighted by atomic mass is 32.1. The van der Waals surface area contributed by atoms with Crippen molar-refractivity contribution in [1.29, 1.82) is 0 Å². The van der Waals surface area contributed by atoms with E-state index in [1.54, 1.807) is 0 Å². The number of para-hydroxylation sites is 3. The molecule has 4 heterocycles. The Bertz CT molecular complexity index is 3090. The van der Waals surface area contributed by atoms with Crippen LogP contribution >= 0.6 is 11.3 Å². The molecule has 1 N–H and O–H groups in total. The van der Waals surface area contributed by atoms with Gasteiger partial charge in [-0.05, 0) is 59.4 Å². The number of rotatable bonds is 5. The van der Waals surface area contributed by atoms with Crippen LogP contribution < -0.4 is 10.1 Å². The molecule has 0 saturated heterocycles. The minimum Gasteiger partial charge on any atom is -0.613 e. The van der Waals surface area contributed by atoms with Crippen LogP contribution in [0.5, 0.6) is 5.75 Å². The van der Waals surface area contributed by atoms with Gasteiger partial charge in [0.15, 0.2) is 0 Å². The van der Waals surface area contributed by atoms with Gasteiger partial charge in [0.2, 0.25) is 0 Å². The Balaban J connectivity index is 0.986. The van der Waals surface area contributed by atoms with Crippen LogP contribution in [-0.2, 0) is 0 Å². The van der Waals surface area contributed by atoms with E-state index in [1.165, 1.54) is 58.8 Å². The van der Waals surface area contributed by atoms with Gasteiger partial charge in [0.25, 0.3) is 0 Å². The maximum Gasteiger partial charge on any atom is 0.138 e. The standard InChI is InChI=1S/C51H35N4OS/c1-3-15-31(16-4-1)49-52-50(32-17-5-2-6-18-32)54-51(53-49)39-25-13-29-43-45(39)37-23-11-22-36(47(37)56-43)35-21-14-30-44-46(35)38-24-12-28-42(48(38)57-44)55-40-26-9-7-19-33(40)34-20-8-10-27-41(34)55/h1-30,39,45,49-50H,(H,53,54)/q-1. The number of hydrogen-bond acceptors (Lipinski definition) is 4. The molecular weight excluding hydrogens is 717 g/mol. The fourth-order valence-electron chi connectivity index (χ4n) is 9.31. The summed E-state index contributed by atoms with van der Waals surface area (Å²) in [6.07, 6.45) is 5.97. The fourth-order valence-corrected chi connectivity index (χ4v) is 10.5. The first-order valence-corrected chi connectivity index (χ1v) is 20.4. The highest BCUT2D eigenvalue weighted by molar-refractivity contribution is 7.26. The molecule has 0 bridgehead atoms. The van der Waals surface area contributed by atoms with Gasteiger partial charge in [0, 0.05) is 43.3 Å². The van der Waals surface area contributed by atoms with Crippen LogP contribution in [0, 0.1) is 5.92 Å². The number of aliphatic imine (C=N–C) groups is 1. The number of fused-ring (bicyclic) bond motifs is 9. The van der Waals surface area contributed by atoms with Gasteiger partial charge >= 0.3 is 0 Å². The van der Waals surface area contributed by atoms with Crippen molar-refractivity contribution in [3.8, 4) is 22.6 Å². The van der Waals surface area contributed by atoms with E-state index in [-0.39, 0.29) is 24.2 Å². The molecule has 0 saturated carbocycles. The lowest BCUT2D eigenvalue weighted by molar-refractivity contribution is 0.413. The first kappa shape index (κ1) is 32.5. The Morgan fingerprint density at radius 1 is 0.632 bits per heavy atom. The van der Waals surface area contributed by atoms with Crippen molar-refractivity contribution in [1.82, 2.24) is 9.88 Å². The number of allylic oxidation sites excluding steroid dienone is 3. The quantitative estimate of drug-likeness (QED) is 0.190. The molecule has 5 nitrogen and oxygen atoms in total. The second-order valence-electron chi connectivity index (χ2n) is 15.0. The molecule has 7 aromatic carbocycles. The van der Waals surface area contributed by atoms with E-state index in [1.807, 2.05) is 23.5 Å². The van der Waals surface area contributed by atoms with E-state index in [9.17, 15) is 0 Å². The number of amidine groups is 1. The van der Waals surface area contributed by atoms with Crippen molar-refractivity contribution in [3.05, 3.63) is 210 Å². The third kappa shape index (κ3) is 5.08. The largest absolute Gasteiger partial charge is 0.613 e. The fraction of sp³-hybridized carbons (Fsp3) is 0.0784. The average Bonchev–Trinajstić information content (AvgIpc) is 3.97. The number of nitrogens with zero attached hydrogens (tertiary/aromatic N) is 3. The van der Waals surface area contributed by atoms with Crippen LogP contribution in [-0.4, -0.2) is 10.4 Å². The third-order valence-electron chi connectivity index (χ3n) is 11.8. The molecule has 2 aromatic heterocycles. The predicted molar refractivity (Wildman–Crippen MR) is 235 cm³/mol. The smallest absolute Gasteiger partial charge is 0.138 e. The Morgan fingerprint density at radius 3 is 2.09 bits per heavy atom. The normalized spacial score (nSPS) is 19.9. The lowest BCUT2D eigenvalue weighted by Gasteiger charge is -2.45. The SMILES string of the molecule is C1=CC(C2=NC(c3ccccc3)[N-]C(c3ccccc3)N2)C2C(=C1)Oc1c(-c3cccc4sc5c(-n6c7ccccc7c7ccccc76)cccc5c34)cccc12. The van der Waals surface area contributed by atoms with Gasteiger partial charge in [-0.25, -0.2) is 0 Å². The summed E-state index contributed by atoms with van der Waals surface area (Å²) in [4.78, 5) is 5.30. The molecule has 0 fully saturated rings. The molecule has 4 atom stereocenters. The van der Waals surface area contributed by atoms with Gasteiger partial charge in [-0.2, -0.15) is 0 Å². The Labute approximate surface area is 333 Å². The highest BCUT2D eigenvalue weighted by Crippen LogP contribution is 2.54.